The summed E-state index contributed by atoms with van der Waals surface area (Å²) in [6.45, 7) is 3.20. The number of nitriles is 1. The lowest BCUT2D eigenvalue weighted by molar-refractivity contribution is 0.0103. The van der Waals surface area contributed by atoms with Crippen molar-refractivity contribution in [3.8, 4) is 6.07 Å². The van der Waals surface area contributed by atoms with Gasteiger partial charge in [-0.15, -0.1) is 0 Å². The van der Waals surface area contributed by atoms with Gasteiger partial charge in [-0.3, -0.25) is 5.01 Å². The van der Waals surface area contributed by atoms with Gasteiger partial charge in [-0.2, -0.15) is 10.4 Å². The first-order chi connectivity index (χ1) is 11.6. The Kier molecular flexibility index (Phi) is 5.04. The number of hydrogen-bond donors (Lipinski definition) is 0. The summed E-state index contributed by atoms with van der Waals surface area (Å²) in [4.78, 5) is 0. The number of ether oxygens (including phenoxy) is 2. The Labute approximate surface area is 145 Å². The van der Waals surface area contributed by atoms with Crippen molar-refractivity contribution in [2.75, 3.05) is 26.9 Å². The maximum atomic E-state index is 14.3. The molecular formula is C17H19ClFN3O2. The smallest absolute Gasteiger partial charge is 0.127 e. The van der Waals surface area contributed by atoms with Gasteiger partial charge in [0, 0.05) is 19.2 Å². The molecule has 2 heterocycles. The lowest BCUT2D eigenvalue weighted by atomic mass is 9.94. The average Bonchev–Trinajstić information content (AvgIpc) is 3.11. The predicted molar refractivity (Wildman–Crippen MR) is 89.1 cm³/mol. The summed E-state index contributed by atoms with van der Waals surface area (Å²) in [6.07, 6.45) is -0.994. The second-order valence-electron chi connectivity index (χ2n) is 5.94. The van der Waals surface area contributed by atoms with Gasteiger partial charge in [-0.25, -0.2) is 4.39 Å². The monoisotopic (exact) mass is 351 g/mol. The SMILES string of the molecule is COCCO[C@@H]1C(c2ccc(C#N)c(Cl)c2C)=NN2CC[C@H](F)[C@@H]12. The standard InChI is InChI=1S/C17H19ClFN3O2/c1-10-12(4-3-11(9-20)14(10)18)15-17(24-8-7-23-2)16-13(19)5-6-22(16)21-15/h3-4,13,16-17H,5-8H2,1-2H3/t13-,16-,17+/m0/s1. The van der Waals surface area contributed by atoms with Gasteiger partial charge in [-0.05, 0) is 25.0 Å². The molecule has 1 fully saturated rings. The molecule has 1 aromatic rings. The molecule has 128 valence electrons. The number of hydrogen-bond acceptors (Lipinski definition) is 5. The topological polar surface area (TPSA) is 57.9 Å². The largest absolute Gasteiger partial charge is 0.382 e. The molecule has 3 rings (SSSR count). The van der Waals surface area contributed by atoms with Crippen molar-refractivity contribution in [2.45, 2.75) is 31.7 Å². The van der Waals surface area contributed by atoms with E-state index in [-0.39, 0.29) is 0 Å². The molecule has 0 radical (unpaired) electrons. The Bertz CT molecular complexity index is 704. The molecule has 0 aliphatic carbocycles. The molecule has 24 heavy (non-hydrogen) atoms. The van der Waals surface area contributed by atoms with Crippen LogP contribution in [0.25, 0.3) is 0 Å². The van der Waals surface area contributed by atoms with Crippen LogP contribution < -0.4 is 0 Å². The lowest BCUT2D eigenvalue weighted by Gasteiger charge is -2.23. The van der Waals surface area contributed by atoms with Crippen LogP contribution in [0.3, 0.4) is 0 Å². The minimum atomic E-state index is -0.979. The summed E-state index contributed by atoms with van der Waals surface area (Å²) in [5, 5.41) is 15.9. The summed E-state index contributed by atoms with van der Waals surface area (Å²) >= 11 is 6.27. The highest BCUT2D eigenvalue weighted by Crippen LogP contribution is 2.35. The fraction of sp³-hybridized carbons (Fsp3) is 0.529. The van der Waals surface area contributed by atoms with Crippen molar-refractivity contribution < 1.29 is 13.9 Å². The van der Waals surface area contributed by atoms with Gasteiger partial charge in [0.1, 0.15) is 24.4 Å². The highest BCUT2D eigenvalue weighted by atomic mass is 35.5. The zero-order valence-electron chi connectivity index (χ0n) is 13.6. The summed E-state index contributed by atoms with van der Waals surface area (Å²) in [6, 6.07) is 5.12. The van der Waals surface area contributed by atoms with E-state index < -0.39 is 18.3 Å². The average molecular weight is 352 g/mol. The molecule has 1 saturated heterocycles. The van der Waals surface area contributed by atoms with Gasteiger partial charge in [0.05, 0.1) is 29.5 Å². The molecule has 2 aliphatic rings. The molecule has 7 heteroatoms. The van der Waals surface area contributed by atoms with Crippen LogP contribution in [0.2, 0.25) is 5.02 Å². The molecule has 0 bridgehead atoms. The molecule has 0 amide bonds. The van der Waals surface area contributed by atoms with E-state index in [1.165, 1.54) is 0 Å². The molecule has 0 unspecified atom stereocenters. The highest BCUT2D eigenvalue weighted by Gasteiger charge is 2.47. The van der Waals surface area contributed by atoms with E-state index in [1.54, 1.807) is 24.3 Å². The van der Waals surface area contributed by atoms with E-state index in [0.29, 0.717) is 42.5 Å². The van der Waals surface area contributed by atoms with Crippen LogP contribution >= 0.6 is 11.6 Å². The van der Waals surface area contributed by atoms with Crippen LogP contribution in [0.15, 0.2) is 17.2 Å². The summed E-state index contributed by atoms with van der Waals surface area (Å²) in [5.41, 5.74) is 2.63. The Hall–Kier alpha value is -1.68. The number of halogens is 2. The van der Waals surface area contributed by atoms with Crippen LogP contribution in [0, 0.1) is 18.3 Å². The summed E-state index contributed by atoms with van der Waals surface area (Å²) in [7, 11) is 1.59. The third-order valence-electron chi connectivity index (χ3n) is 4.53. The van der Waals surface area contributed by atoms with Crippen molar-refractivity contribution in [1.29, 1.82) is 5.26 Å². The number of nitrogens with zero attached hydrogens (tertiary/aromatic N) is 3. The van der Waals surface area contributed by atoms with E-state index >= 15 is 0 Å². The summed E-state index contributed by atoms with van der Waals surface area (Å²) < 4.78 is 25.3. The minimum absolute atomic E-state index is 0.361. The molecule has 2 aliphatic heterocycles. The Morgan fingerprint density at radius 1 is 1.46 bits per heavy atom. The van der Waals surface area contributed by atoms with Crippen molar-refractivity contribution in [1.82, 2.24) is 5.01 Å². The fourth-order valence-corrected chi connectivity index (χ4v) is 3.48. The number of hydrazone groups is 1. The fourth-order valence-electron chi connectivity index (χ4n) is 3.27. The second-order valence-corrected chi connectivity index (χ2v) is 6.32. The van der Waals surface area contributed by atoms with E-state index in [0.717, 1.165) is 11.1 Å². The third kappa shape index (κ3) is 2.88. The number of fused-ring (bicyclic) bond motifs is 1. The second kappa shape index (κ2) is 7.06. The molecule has 0 N–H and O–H groups in total. The predicted octanol–water partition coefficient (Wildman–Crippen LogP) is 2.68. The van der Waals surface area contributed by atoms with Crippen LogP contribution in [0.1, 0.15) is 23.1 Å². The van der Waals surface area contributed by atoms with Crippen molar-refractivity contribution in [3.05, 3.63) is 33.8 Å². The first-order valence-electron chi connectivity index (χ1n) is 7.87. The van der Waals surface area contributed by atoms with Gasteiger partial charge in [0.2, 0.25) is 0 Å². The lowest BCUT2D eigenvalue weighted by Crippen LogP contribution is -2.41. The van der Waals surface area contributed by atoms with Gasteiger partial charge in [0.15, 0.2) is 0 Å². The maximum absolute atomic E-state index is 14.3. The molecule has 5 nitrogen and oxygen atoms in total. The van der Waals surface area contributed by atoms with E-state index in [1.807, 2.05) is 6.92 Å². The van der Waals surface area contributed by atoms with E-state index in [2.05, 4.69) is 11.2 Å². The van der Waals surface area contributed by atoms with Crippen molar-refractivity contribution in [2.24, 2.45) is 5.10 Å². The zero-order valence-corrected chi connectivity index (χ0v) is 14.4. The first-order valence-corrected chi connectivity index (χ1v) is 8.25. The van der Waals surface area contributed by atoms with Gasteiger partial charge < -0.3 is 9.47 Å². The molecular weight excluding hydrogens is 333 g/mol. The number of methoxy groups -OCH3 is 1. The normalized spacial score (nSPS) is 25.5. The van der Waals surface area contributed by atoms with Crippen LogP contribution in [0.5, 0.6) is 0 Å². The molecule has 3 atom stereocenters. The third-order valence-corrected chi connectivity index (χ3v) is 5.02. The first kappa shape index (κ1) is 17.2. The van der Waals surface area contributed by atoms with Crippen LogP contribution in [0.4, 0.5) is 4.39 Å². The molecule has 0 aromatic heterocycles. The number of rotatable bonds is 5. The van der Waals surface area contributed by atoms with Crippen LogP contribution in [-0.2, 0) is 9.47 Å². The maximum Gasteiger partial charge on any atom is 0.127 e. The zero-order chi connectivity index (χ0) is 17.3. The van der Waals surface area contributed by atoms with Gasteiger partial charge >= 0.3 is 0 Å². The van der Waals surface area contributed by atoms with E-state index in [4.69, 9.17) is 26.3 Å². The van der Waals surface area contributed by atoms with Crippen molar-refractivity contribution in [3.63, 3.8) is 0 Å². The molecule has 0 saturated carbocycles. The number of benzene rings is 1. The Morgan fingerprint density at radius 2 is 2.25 bits per heavy atom. The van der Waals surface area contributed by atoms with Gasteiger partial charge in [0.25, 0.3) is 0 Å². The molecule has 1 aromatic carbocycles. The Balaban J connectivity index is 1.96. The highest BCUT2D eigenvalue weighted by molar-refractivity contribution is 6.33. The van der Waals surface area contributed by atoms with Crippen molar-refractivity contribution >= 4 is 17.3 Å². The minimum Gasteiger partial charge on any atom is -0.382 e. The molecule has 0 spiro atoms. The van der Waals surface area contributed by atoms with E-state index in [9.17, 15) is 4.39 Å². The quantitative estimate of drug-likeness (QED) is 0.765. The van der Waals surface area contributed by atoms with Gasteiger partial charge in [-0.1, -0.05) is 17.7 Å². The summed E-state index contributed by atoms with van der Waals surface area (Å²) in [5.74, 6) is 0. The van der Waals surface area contributed by atoms with Crippen LogP contribution in [-0.4, -0.2) is 55.9 Å². The Morgan fingerprint density at radius 3 is 2.96 bits per heavy atom. The number of alkyl halides is 1.